The van der Waals surface area contributed by atoms with Crippen LogP contribution in [0, 0.1) is 19.8 Å². The average molecular weight is 276 g/mol. The minimum absolute atomic E-state index is 0.0506. The van der Waals surface area contributed by atoms with E-state index in [9.17, 15) is 9.59 Å². The van der Waals surface area contributed by atoms with Gasteiger partial charge in [0.05, 0.1) is 5.56 Å². The molecule has 5 heteroatoms. The third kappa shape index (κ3) is 2.32. The summed E-state index contributed by atoms with van der Waals surface area (Å²) in [7, 11) is 0. The minimum Gasteiger partial charge on any atom is -0.466 e. The second-order valence-corrected chi connectivity index (χ2v) is 5.84. The first kappa shape index (κ1) is 13.2. The lowest BCUT2D eigenvalue weighted by Gasteiger charge is -2.41. The van der Waals surface area contributed by atoms with Crippen LogP contribution in [0.4, 0.5) is 0 Å². The van der Waals surface area contributed by atoms with E-state index in [1.54, 1.807) is 0 Å². The van der Waals surface area contributed by atoms with E-state index in [4.69, 9.17) is 4.42 Å². The highest BCUT2D eigenvalue weighted by atomic mass is 16.3. The Bertz CT molecular complexity index is 549. The van der Waals surface area contributed by atoms with E-state index in [1.165, 1.54) is 0 Å². The maximum atomic E-state index is 12.6. The molecule has 1 aromatic rings. The van der Waals surface area contributed by atoms with Crippen molar-refractivity contribution in [1.29, 1.82) is 0 Å². The zero-order valence-electron chi connectivity index (χ0n) is 11.9. The zero-order valence-corrected chi connectivity index (χ0v) is 11.9. The molecule has 2 fully saturated rings. The standard InChI is InChI=1S/C15H20N2O3/c1-9-7-12(10(2)20-9)15(19)17-6-5-13-11(8-17)3-4-14(18)16-13/h7,11,13H,3-6,8H2,1-2H3,(H,16,18). The first-order chi connectivity index (χ1) is 9.54. The molecular weight excluding hydrogens is 256 g/mol. The van der Waals surface area contributed by atoms with Gasteiger partial charge in [-0.15, -0.1) is 0 Å². The number of aryl methyl sites for hydroxylation is 2. The van der Waals surface area contributed by atoms with E-state index >= 15 is 0 Å². The van der Waals surface area contributed by atoms with Crippen molar-refractivity contribution in [2.75, 3.05) is 13.1 Å². The van der Waals surface area contributed by atoms with Crippen molar-refractivity contribution in [2.24, 2.45) is 5.92 Å². The van der Waals surface area contributed by atoms with Crippen molar-refractivity contribution in [3.05, 3.63) is 23.2 Å². The smallest absolute Gasteiger partial charge is 0.257 e. The highest BCUT2D eigenvalue weighted by Crippen LogP contribution is 2.27. The molecule has 3 rings (SSSR count). The normalized spacial score (nSPS) is 26.1. The van der Waals surface area contributed by atoms with Gasteiger partial charge in [0.1, 0.15) is 11.5 Å². The van der Waals surface area contributed by atoms with E-state index in [2.05, 4.69) is 5.32 Å². The molecular formula is C15H20N2O3. The van der Waals surface area contributed by atoms with Crippen LogP contribution < -0.4 is 5.32 Å². The number of hydrogen-bond donors (Lipinski definition) is 1. The molecule has 108 valence electrons. The predicted molar refractivity (Wildman–Crippen MR) is 73.4 cm³/mol. The average Bonchev–Trinajstić information content (AvgIpc) is 2.76. The van der Waals surface area contributed by atoms with Gasteiger partial charge < -0.3 is 14.6 Å². The number of carbonyl (C=O) groups is 2. The number of amides is 2. The molecule has 1 N–H and O–H groups in total. The third-order valence-electron chi connectivity index (χ3n) is 4.38. The number of fused-ring (bicyclic) bond motifs is 1. The minimum atomic E-state index is 0.0506. The Kier molecular flexibility index (Phi) is 3.28. The van der Waals surface area contributed by atoms with E-state index in [0.717, 1.165) is 25.1 Å². The van der Waals surface area contributed by atoms with Crippen molar-refractivity contribution < 1.29 is 14.0 Å². The van der Waals surface area contributed by atoms with Gasteiger partial charge in [-0.2, -0.15) is 0 Å². The first-order valence-electron chi connectivity index (χ1n) is 7.20. The van der Waals surface area contributed by atoms with E-state index in [1.807, 2.05) is 24.8 Å². The maximum Gasteiger partial charge on any atom is 0.257 e. The van der Waals surface area contributed by atoms with Gasteiger partial charge in [-0.3, -0.25) is 9.59 Å². The summed E-state index contributed by atoms with van der Waals surface area (Å²) in [5, 5.41) is 3.04. The molecule has 3 heterocycles. The van der Waals surface area contributed by atoms with Gasteiger partial charge in [0, 0.05) is 25.6 Å². The van der Waals surface area contributed by atoms with E-state index in [-0.39, 0.29) is 17.9 Å². The lowest BCUT2D eigenvalue weighted by atomic mass is 9.85. The fourth-order valence-corrected chi connectivity index (χ4v) is 3.31. The molecule has 0 spiro atoms. The van der Waals surface area contributed by atoms with Crippen molar-refractivity contribution in [3.63, 3.8) is 0 Å². The molecule has 2 saturated heterocycles. The van der Waals surface area contributed by atoms with Gasteiger partial charge in [0.25, 0.3) is 5.91 Å². The van der Waals surface area contributed by atoms with Crippen LogP contribution in [0.5, 0.6) is 0 Å². The van der Waals surface area contributed by atoms with Crippen molar-refractivity contribution in [1.82, 2.24) is 10.2 Å². The Balaban J connectivity index is 1.71. The van der Waals surface area contributed by atoms with Crippen LogP contribution in [0.15, 0.2) is 10.5 Å². The number of rotatable bonds is 1. The Labute approximate surface area is 118 Å². The Morgan fingerprint density at radius 3 is 2.90 bits per heavy atom. The molecule has 0 bridgehead atoms. The topological polar surface area (TPSA) is 62.6 Å². The van der Waals surface area contributed by atoms with Crippen molar-refractivity contribution in [2.45, 2.75) is 39.2 Å². The van der Waals surface area contributed by atoms with E-state index < -0.39 is 0 Å². The number of nitrogens with one attached hydrogen (secondary N) is 1. The van der Waals surface area contributed by atoms with Crippen LogP contribution in [0.25, 0.3) is 0 Å². The van der Waals surface area contributed by atoms with Crippen LogP contribution in [-0.2, 0) is 4.79 Å². The quantitative estimate of drug-likeness (QED) is 0.848. The summed E-state index contributed by atoms with van der Waals surface area (Å²) in [5.41, 5.74) is 0.667. The molecule has 2 unspecified atom stereocenters. The largest absolute Gasteiger partial charge is 0.466 e. The van der Waals surface area contributed by atoms with Crippen molar-refractivity contribution >= 4 is 11.8 Å². The fourth-order valence-electron chi connectivity index (χ4n) is 3.31. The molecule has 0 aliphatic carbocycles. The molecule has 0 radical (unpaired) electrons. The second kappa shape index (κ2) is 4.96. The summed E-state index contributed by atoms with van der Waals surface area (Å²) in [4.78, 5) is 25.8. The Morgan fingerprint density at radius 2 is 2.20 bits per heavy atom. The van der Waals surface area contributed by atoms with Crippen LogP contribution in [0.2, 0.25) is 0 Å². The van der Waals surface area contributed by atoms with Crippen molar-refractivity contribution in [3.8, 4) is 0 Å². The van der Waals surface area contributed by atoms with Gasteiger partial charge in [-0.25, -0.2) is 0 Å². The third-order valence-corrected chi connectivity index (χ3v) is 4.38. The second-order valence-electron chi connectivity index (χ2n) is 5.84. The van der Waals surface area contributed by atoms with Crippen LogP contribution in [-0.4, -0.2) is 35.8 Å². The molecule has 0 saturated carbocycles. The van der Waals surface area contributed by atoms with Gasteiger partial charge in [-0.05, 0) is 38.7 Å². The zero-order chi connectivity index (χ0) is 14.3. The number of hydrogen-bond acceptors (Lipinski definition) is 3. The number of carbonyl (C=O) groups excluding carboxylic acids is 2. The van der Waals surface area contributed by atoms with Gasteiger partial charge in [-0.1, -0.05) is 0 Å². The molecule has 2 aliphatic heterocycles. The maximum absolute atomic E-state index is 12.6. The Hall–Kier alpha value is -1.78. The fraction of sp³-hybridized carbons (Fsp3) is 0.600. The first-order valence-corrected chi connectivity index (χ1v) is 7.20. The predicted octanol–water partition coefficient (Wildman–Crippen LogP) is 1.64. The lowest BCUT2D eigenvalue weighted by Crippen LogP contribution is -2.55. The van der Waals surface area contributed by atoms with Gasteiger partial charge in [0.2, 0.25) is 5.91 Å². The summed E-state index contributed by atoms with van der Waals surface area (Å²) in [6, 6.07) is 2.05. The van der Waals surface area contributed by atoms with E-state index in [0.29, 0.717) is 30.2 Å². The number of nitrogens with zero attached hydrogens (tertiary/aromatic N) is 1. The monoisotopic (exact) mass is 276 g/mol. The summed E-state index contributed by atoms with van der Waals surface area (Å²) in [6.07, 6.45) is 2.30. The number of likely N-dealkylation sites (tertiary alicyclic amines) is 1. The number of piperidine rings is 2. The molecule has 1 aromatic heterocycles. The molecule has 2 aliphatic rings. The molecule has 0 aromatic carbocycles. The van der Waals surface area contributed by atoms with Gasteiger partial charge >= 0.3 is 0 Å². The highest BCUT2D eigenvalue weighted by molar-refractivity contribution is 5.95. The SMILES string of the molecule is Cc1cc(C(=O)N2CCC3NC(=O)CCC3C2)c(C)o1. The highest BCUT2D eigenvalue weighted by Gasteiger charge is 2.36. The summed E-state index contributed by atoms with van der Waals surface area (Å²) in [6.45, 7) is 5.11. The Morgan fingerprint density at radius 1 is 1.40 bits per heavy atom. The van der Waals surface area contributed by atoms with Crippen LogP contribution >= 0.6 is 0 Å². The summed E-state index contributed by atoms with van der Waals surface area (Å²) >= 11 is 0. The lowest BCUT2D eigenvalue weighted by molar-refractivity contribution is -0.125. The van der Waals surface area contributed by atoms with Crippen LogP contribution in [0.3, 0.4) is 0 Å². The molecule has 2 atom stereocenters. The molecule has 2 amide bonds. The van der Waals surface area contributed by atoms with Crippen LogP contribution in [0.1, 0.15) is 41.1 Å². The van der Waals surface area contributed by atoms with Gasteiger partial charge in [0.15, 0.2) is 0 Å². The molecule has 5 nitrogen and oxygen atoms in total. The summed E-state index contributed by atoms with van der Waals surface area (Å²) in [5.74, 6) is 2.04. The number of furan rings is 1. The molecule has 20 heavy (non-hydrogen) atoms. The summed E-state index contributed by atoms with van der Waals surface area (Å²) < 4.78 is 5.44.